The number of primary amides is 1. The first-order valence-electron chi connectivity index (χ1n) is 5.31. The Kier molecular flexibility index (Phi) is 4.93. The maximum absolute atomic E-state index is 10.8. The number of amides is 1. The van der Waals surface area contributed by atoms with Crippen molar-refractivity contribution in [1.82, 2.24) is 4.98 Å². The van der Waals surface area contributed by atoms with Crippen molar-refractivity contribution in [3.63, 3.8) is 0 Å². The van der Waals surface area contributed by atoms with Gasteiger partial charge in [0.1, 0.15) is 5.82 Å². The van der Waals surface area contributed by atoms with Gasteiger partial charge in [0.25, 0.3) is 0 Å². The Morgan fingerprint density at radius 1 is 1.35 bits per heavy atom. The van der Waals surface area contributed by atoms with Gasteiger partial charge < -0.3 is 16.2 Å². The standard InChI is InChI=1S/C11H15N3O3/c12-11(17)8-4-5-9(14-7-8)13-6-2-1-3-10(15)16/h4-5,7H,1-3,6H2,(H2,12,17)(H,13,14)(H,15,16). The lowest BCUT2D eigenvalue weighted by Crippen LogP contribution is -2.11. The van der Waals surface area contributed by atoms with Gasteiger partial charge in [0.2, 0.25) is 5.91 Å². The minimum absolute atomic E-state index is 0.176. The molecule has 1 aromatic rings. The smallest absolute Gasteiger partial charge is 0.303 e. The van der Waals surface area contributed by atoms with Crippen molar-refractivity contribution in [2.75, 3.05) is 11.9 Å². The first-order valence-corrected chi connectivity index (χ1v) is 5.31. The third kappa shape index (κ3) is 4.96. The van der Waals surface area contributed by atoms with E-state index in [1.54, 1.807) is 12.1 Å². The maximum Gasteiger partial charge on any atom is 0.303 e. The van der Waals surface area contributed by atoms with Crippen LogP contribution in [0, 0.1) is 0 Å². The summed E-state index contributed by atoms with van der Waals surface area (Å²) in [7, 11) is 0. The zero-order chi connectivity index (χ0) is 12.7. The van der Waals surface area contributed by atoms with Crippen LogP contribution in [0.25, 0.3) is 0 Å². The van der Waals surface area contributed by atoms with Crippen LogP contribution in [-0.2, 0) is 4.79 Å². The Labute approximate surface area is 98.8 Å². The summed E-state index contributed by atoms with van der Waals surface area (Å²) in [6.07, 6.45) is 2.96. The van der Waals surface area contributed by atoms with Crippen LogP contribution >= 0.6 is 0 Å². The van der Waals surface area contributed by atoms with Crippen LogP contribution < -0.4 is 11.1 Å². The molecule has 1 heterocycles. The number of nitrogens with one attached hydrogen (secondary N) is 1. The van der Waals surface area contributed by atoms with Crippen molar-refractivity contribution in [1.29, 1.82) is 0 Å². The van der Waals surface area contributed by atoms with E-state index in [2.05, 4.69) is 10.3 Å². The zero-order valence-corrected chi connectivity index (χ0v) is 9.35. The molecule has 0 spiro atoms. The molecule has 17 heavy (non-hydrogen) atoms. The zero-order valence-electron chi connectivity index (χ0n) is 9.35. The molecule has 0 fully saturated rings. The average molecular weight is 237 g/mol. The molecule has 1 amide bonds. The highest BCUT2D eigenvalue weighted by Crippen LogP contribution is 2.05. The Morgan fingerprint density at radius 2 is 2.12 bits per heavy atom. The summed E-state index contributed by atoms with van der Waals surface area (Å²) in [5.41, 5.74) is 5.44. The van der Waals surface area contributed by atoms with Crippen molar-refractivity contribution < 1.29 is 14.7 Å². The number of carbonyl (C=O) groups is 2. The summed E-state index contributed by atoms with van der Waals surface area (Å²) in [6.45, 7) is 0.649. The second kappa shape index (κ2) is 6.47. The quantitative estimate of drug-likeness (QED) is 0.609. The Balaban J connectivity index is 2.27. The van der Waals surface area contributed by atoms with Gasteiger partial charge in [-0.3, -0.25) is 9.59 Å². The van der Waals surface area contributed by atoms with E-state index < -0.39 is 11.9 Å². The Morgan fingerprint density at radius 3 is 2.65 bits per heavy atom. The molecule has 0 bridgehead atoms. The first kappa shape index (κ1) is 13.0. The molecular weight excluding hydrogens is 222 g/mol. The van der Waals surface area contributed by atoms with E-state index in [0.717, 1.165) is 6.42 Å². The van der Waals surface area contributed by atoms with Crippen molar-refractivity contribution in [2.24, 2.45) is 5.73 Å². The van der Waals surface area contributed by atoms with E-state index in [0.29, 0.717) is 24.3 Å². The number of pyridine rings is 1. The molecule has 0 radical (unpaired) electrons. The van der Waals surface area contributed by atoms with Gasteiger partial charge in [-0.15, -0.1) is 0 Å². The van der Waals surface area contributed by atoms with Gasteiger partial charge in [0, 0.05) is 19.2 Å². The fourth-order valence-electron chi connectivity index (χ4n) is 1.26. The van der Waals surface area contributed by atoms with Crippen LogP contribution in [0.4, 0.5) is 5.82 Å². The van der Waals surface area contributed by atoms with Crippen molar-refractivity contribution in [3.8, 4) is 0 Å². The number of hydrogen-bond donors (Lipinski definition) is 3. The number of hydrogen-bond acceptors (Lipinski definition) is 4. The summed E-state index contributed by atoms with van der Waals surface area (Å²) >= 11 is 0. The Hall–Kier alpha value is -2.11. The number of aliphatic carboxylic acids is 1. The molecule has 1 aromatic heterocycles. The van der Waals surface area contributed by atoms with E-state index in [9.17, 15) is 9.59 Å². The van der Waals surface area contributed by atoms with Crippen LogP contribution in [0.3, 0.4) is 0 Å². The number of carboxylic acids is 1. The van der Waals surface area contributed by atoms with E-state index in [1.807, 2.05) is 0 Å². The number of unbranched alkanes of at least 4 members (excludes halogenated alkanes) is 1. The van der Waals surface area contributed by atoms with Gasteiger partial charge in [-0.1, -0.05) is 0 Å². The molecule has 1 rings (SSSR count). The van der Waals surface area contributed by atoms with Gasteiger partial charge >= 0.3 is 5.97 Å². The number of carboxylic acid groups (broad SMARTS) is 1. The molecule has 0 aromatic carbocycles. The fraction of sp³-hybridized carbons (Fsp3) is 0.364. The van der Waals surface area contributed by atoms with Crippen LogP contribution in [-0.4, -0.2) is 28.5 Å². The van der Waals surface area contributed by atoms with E-state index in [1.165, 1.54) is 6.20 Å². The molecular formula is C11H15N3O3. The maximum atomic E-state index is 10.8. The molecule has 0 aliphatic rings. The van der Waals surface area contributed by atoms with Gasteiger partial charge in [0.05, 0.1) is 5.56 Å². The van der Waals surface area contributed by atoms with E-state index >= 15 is 0 Å². The SMILES string of the molecule is NC(=O)c1ccc(NCCCCC(=O)O)nc1. The third-order valence-corrected chi connectivity index (χ3v) is 2.17. The highest BCUT2D eigenvalue weighted by molar-refractivity contribution is 5.92. The summed E-state index contributed by atoms with van der Waals surface area (Å²) in [6, 6.07) is 3.26. The highest BCUT2D eigenvalue weighted by Gasteiger charge is 2.00. The largest absolute Gasteiger partial charge is 0.481 e. The number of nitrogens with zero attached hydrogens (tertiary/aromatic N) is 1. The summed E-state index contributed by atoms with van der Waals surface area (Å²) < 4.78 is 0. The van der Waals surface area contributed by atoms with E-state index in [-0.39, 0.29) is 6.42 Å². The topological polar surface area (TPSA) is 105 Å². The summed E-state index contributed by atoms with van der Waals surface area (Å²) in [4.78, 5) is 25.0. The molecule has 0 aliphatic heterocycles. The van der Waals surface area contributed by atoms with Crippen LogP contribution in [0.15, 0.2) is 18.3 Å². The number of aromatic nitrogens is 1. The van der Waals surface area contributed by atoms with Gasteiger partial charge in [-0.2, -0.15) is 0 Å². The van der Waals surface area contributed by atoms with Crippen molar-refractivity contribution in [2.45, 2.75) is 19.3 Å². The van der Waals surface area contributed by atoms with Crippen LogP contribution in [0.2, 0.25) is 0 Å². The van der Waals surface area contributed by atoms with Crippen LogP contribution in [0.1, 0.15) is 29.6 Å². The first-order chi connectivity index (χ1) is 8.09. The lowest BCUT2D eigenvalue weighted by molar-refractivity contribution is -0.137. The normalized spacial score (nSPS) is 9.88. The molecule has 4 N–H and O–H groups in total. The molecule has 6 heteroatoms. The number of rotatable bonds is 7. The van der Waals surface area contributed by atoms with Gasteiger partial charge in [-0.25, -0.2) is 4.98 Å². The molecule has 92 valence electrons. The molecule has 0 atom stereocenters. The summed E-state index contributed by atoms with van der Waals surface area (Å²) in [5, 5.41) is 11.5. The lowest BCUT2D eigenvalue weighted by atomic mass is 10.2. The van der Waals surface area contributed by atoms with E-state index in [4.69, 9.17) is 10.8 Å². The third-order valence-electron chi connectivity index (χ3n) is 2.17. The molecule has 0 unspecified atom stereocenters. The number of carbonyl (C=O) groups excluding carboxylic acids is 1. The molecule has 0 saturated carbocycles. The number of nitrogens with two attached hydrogens (primary N) is 1. The minimum Gasteiger partial charge on any atom is -0.481 e. The monoisotopic (exact) mass is 237 g/mol. The minimum atomic E-state index is -0.783. The number of anilines is 1. The van der Waals surface area contributed by atoms with Crippen molar-refractivity contribution >= 4 is 17.7 Å². The predicted molar refractivity (Wildman–Crippen MR) is 62.7 cm³/mol. The highest BCUT2D eigenvalue weighted by atomic mass is 16.4. The Bertz CT molecular complexity index is 389. The fourth-order valence-corrected chi connectivity index (χ4v) is 1.26. The second-order valence-corrected chi connectivity index (χ2v) is 3.57. The van der Waals surface area contributed by atoms with Gasteiger partial charge in [0.15, 0.2) is 0 Å². The lowest BCUT2D eigenvalue weighted by Gasteiger charge is -2.04. The molecule has 6 nitrogen and oxygen atoms in total. The van der Waals surface area contributed by atoms with Crippen molar-refractivity contribution in [3.05, 3.63) is 23.9 Å². The second-order valence-electron chi connectivity index (χ2n) is 3.57. The average Bonchev–Trinajstić information content (AvgIpc) is 2.29. The molecule has 0 aliphatic carbocycles. The summed E-state index contributed by atoms with van der Waals surface area (Å²) in [5.74, 6) is -0.648. The van der Waals surface area contributed by atoms with Crippen LogP contribution in [0.5, 0.6) is 0 Å². The van der Waals surface area contributed by atoms with Gasteiger partial charge in [-0.05, 0) is 25.0 Å². The predicted octanol–water partition coefficient (Wildman–Crippen LogP) is 0.847. The molecule has 0 saturated heterocycles.